The molecule has 2 N–H and O–H groups in total. The van der Waals surface area contributed by atoms with Crippen LogP contribution in [0.25, 0.3) is 0 Å². The maximum absolute atomic E-state index is 10.2. The first-order chi connectivity index (χ1) is 8.96. The van der Waals surface area contributed by atoms with Crippen molar-refractivity contribution in [2.45, 2.75) is 27.7 Å². The highest BCUT2D eigenvalue weighted by atomic mass is 16.4. The SMILES string of the molecule is CC[N+](CC)(CC)CC.Nc1ccccc1C(=O)[O-]. The summed E-state index contributed by atoms with van der Waals surface area (Å²) in [7, 11) is 0. The van der Waals surface area contributed by atoms with Crippen LogP contribution in [0.5, 0.6) is 0 Å². The molecule has 0 amide bonds. The van der Waals surface area contributed by atoms with E-state index in [1.165, 1.54) is 42.8 Å². The van der Waals surface area contributed by atoms with E-state index in [1.807, 2.05) is 0 Å². The van der Waals surface area contributed by atoms with Gasteiger partial charge in [-0.25, -0.2) is 0 Å². The van der Waals surface area contributed by atoms with E-state index in [4.69, 9.17) is 5.73 Å². The zero-order valence-corrected chi connectivity index (χ0v) is 12.5. The molecule has 0 unspecified atom stereocenters. The van der Waals surface area contributed by atoms with Gasteiger partial charge in [-0.3, -0.25) is 0 Å². The van der Waals surface area contributed by atoms with Crippen molar-refractivity contribution in [2.75, 3.05) is 31.9 Å². The molecule has 0 saturated carbocycles. The summed E-state index contributed by atoms with van der Waals surface area (Å²) in [6.45, 7) is 14.2. The summed E-state index contributed by atoms with van der Waals surface area (Å²) in [5.41, 5.74) is 5.58. The lowest BCUT2D eigenvalue weighted by Gasteiger charge is -2.34. The number of quaternary nitrogens is 1. The lowest BCUT2D eigenvalue weighted by atomic mass is 10.2. The first-order valence-electron chi connectivity index (χ1n) is 6.87. The predicted octanol–water partition coefficient (Wildman–Crippen LogP) is 1.52. The molecule has 1 rings (SSSR count). The lowest BCUT2D eigenvalue weighted by molar-refractivity contribution is -0.921. The molecule has 0 aliphatic heterocycles. The molecule has 1 aromatic rings. The van der Waals surface area contributed by atoms with Gasteiger partial charge in [0.1, 0.15) is 0 Å². The Kier molecular flexibility index (Phi) is 7.84. The minimum Gasteiger partial charge on any atom is -0.545 e. The normalized spacial score (nSPS) is 10.5. The number of carbonyl (C=O) groups is 1. The third-order valence-electron chi connectivity index (χ3n) is 3.86. The molecule has 1 aromatic carbocycles. The van der Waals surface area contributed by atoms with Crippen LogP contribution in [-0.2, 0) is 0 Å². The largest absolute Gasteiger partial charge is 0.545 e. The number of aromatic carboxylic acids is 1. The van der Waals surface area contributed by atoms with Gasteiger partial charge >= 0.3 is 0 Å². The van der Waals surface area contributed by atoms with Crippen molar-refractivity contribution in [3.8, 4) is 0 Å². The number of carboxylic acids is 1. The Morgan fingerprint density at radius 3 is 1.68 bits per heavy atom. The fourth-order valence-electron chi connectivity index (χ4n) is 2.02. The van der Waals surface area contributed by atoms with E-state index in [1.54, 1.807) is 12.1 Å². The van der Waals surface area contributed by atoms with Crippen molar-refractivity contribution >= 4 is 11.7 Å². The molecular formula is C15H26N2O2. The summed E-state index contributed by atoms with van der Waals surface area (Å²) >= 11 is 0. The number of nitrogens with two attached hydrogens (primary N) is 1. The van der Waals surface area contributed by atoms with Gasteiger partial charge in [0, 0.05) is 11.3 Å². The molecule has 0 aliphatic rings. The van der Waals surface area contributed by atoms with Gasteiger partial charge < -0.3 is 20.1 Å². The number of hydrogen-bond donors (Lipinski definition) is 1. The highest BCUT2D eigenvalue weighted by molar-refractivity contribution is 5.91. The second-order valence-electron chi connectivity index (χ2n) is 4.48. The van der Waals surface area contributed by atoms with Gasteiger partial charge in [-0.15, -0.1) is 0 Å². The molecule has 108 valence electrons. The molecule has 0 saturated heterocycles. The van der Waals surface area contributed by atoms with Gasteiger partial charge in [0.15, 0.2) is 0 Å². The number of benzene rings is 1. The van der Waals surface area contributed by atoms with E-state index >= 15 is 0 Å². The molecule has 0 radical (unpaired) electrons. The average Bonchev–Trinajstić information content (AvgIpc) is 2.43. The van der Waals surface area contributed by atoms with Crippen LogP contribution < -0.4 is 10.8 Å². The van der Waals surface area contributed by atoms with E-state index in [0.29, 0.717) is 0 Å². The van der Waals surface area contributed by atoms with Crippen LogP contribution in [0.15, 0.2) is 24.3 Å². The van der Waals surface area contributed by atoms with E-state index in [-0.39, 0.29) is 11.3 Å². The molecule has 0 bridgehead atoms. The molecule has 0 fully saturated rings. The van der Waals surface area contributed by atoms with Gasteiger partial charge in [0.25, 0.3) is 0 Å². The predicted molar refractivity (Wildman–Crippen MR) is 77.6 cm³/mol. The smallest absolute Gasteiger partial charge is 0.0757 e. The summed E-state index contributed by atoms with van der Waals surface area (Å²) in [4.78, 5) is 10.2. The molecule has 0 heterocycles. The van der Waals surface area contributed by atoms with Gasteiger partial charge in [0.2, 0.25) is 0 Å². The molecule has 4 nitrogen and oxygen atoms in total. The monoisotopic (exact) mass is 266 g/mol. The second-order valence-corrected chi connectivity index (χ2v) is 4.48. The Hall–Kier alpha value is -1.55. The Morgan fingerprint density at radius 2 is 1.47 bits per heavy atom. The van der Waals surface area contributed by atoms with E-state index < -0.39 is 5.97 Å². The summed E-state index contributed by atoms with van der Waals surface area (Å²) in [5, 5.41) is 10.2. The highest BCUT2D eigenvalue weighted by Crippen LogP contribution is 2.07. The summed E-state index contributed by atoms with van der Waals surface area (Å²) in [5.74, 6) is -1.24. The second kappa shape index (κ2) is 8.53. The van der Waals surface area contributed by atoms with Crippen molar-refractivity contribution in [3.63, 3.8) is 0 Å². The first-order valence-corrected chi connectivity index (χ1v) is 6.87. The number of rotatable bonds is 5. The van der Waals surface area contributed by atoms with E-state index in [2.05, 4.69) is 27.7 Å². The third kappa shape index (κ3) is 5.30. The van der Waals surface area contributed by atoms with Crippen molar-refractivity contribution in [1.29, 1.82) is 0 Å². The molecular weight excluding hydrogens is 240 g/mol. The van der Waals surface area contributed by atoms with Gasteiger partial charge in [0.05, 0.1) is 32.1 Å². The Labute approximate surface area is 116 Å². The zero-order valence-electron chi connectivity index (χ0n) is 12.5. The number of hydrogen-bond acceptors (Lipinski definition) is 3. The number of carbonyl (C=O) groups excluding carboxylic acids is 1. The standard InChI is InChI=1S/C8H20N.C7H7NO2/c1-5-9(6-2,7-3)8-4;8-6-4-2-1-3-5(6)7(9)10/h5-8H2,1-4H3;1-4H,8H2,(H,9,10)/q+1;/p-1. The Balaban J connectivity index is 0.000000344. The fraction of sp³-hybridized carbons (Fsp3) is 0.533. The average molecular weight is 266 g/mol. The highest BCUT2D eigenvalue weighted by Gasteiger charge is 2.16. The van der Waals surface area contributed by atoms with E-state index in [9.17, 15) is 9.90 Å². The van der Waals surface area contributed by atoms with Crippen molar-refractivity contribution < 1.29 is 14.4 Å². The van der Waals surface area contributed by atoms with Gasteiger partial charge in [-0.2, -0.15) is 0 Å². The van der Waals surface area contributed by atoms with Crippen LogP contribution in [0.4, 0.5) is 5.69 Å². The summed E-state index contributed by atoms with van der Waals surface area (Å²) in [6.07, 6.45) is 0. The molecule has 4 heteroatoms. The van der Waals surface area contributed by atoms with Gasteiger partial charge in [-0.1, -0.05) is 18.2 Å². The van der Waals surface area contributed by atoms with Crippen molar-refractivity contribution in [2.24, 2.45) is 0 Å². The van der Waals surface area contributed by atoms with Crippen LogP contribution in [0.3, 0.4) is 0 Å². The van der Waals surface area contributed by atoms with Crippen LogP contribution >= 0.6 is 0 Å². The molecule has 19 heavy (non-hydrogen) atoms. The van der Waals surface area contributed by atoms with Crippen molar-refractivity contribution in [3.05, 3.63) is 29.8 Å². The minimum absolute atomic E-state index is 0.0440. The Morgan fingerprint density at radius 1 is 1.05 bits per heavy atom. The first kappa shape index (κ1) is 17.4. The van der Waals surface area contributed by atoms with E-state index in [0.717, 1.165) is 0 Å². The molecule has 0 aliphatic carbocycles. The number of carboxylic acid groups (broad SMARTS) is 1. The summed E-state index contributed by atoms with van der Waals surface area (Å²) in [6, 6.07) is 6.19. The van der Waals surface area contributed by atoms with Gasteiger partial charge in [-0.05, 0) is 33.8 Å². The Bertz CT molecular complexity index is 370. The topological polar surface area (TPSA) is 66.2 Å². The zero-order chi connectivity index (χ0) is 14.9. The number of para-hydroxylation sites is 1. The molecule has 0 spiro atoms. The quantitative estimate of drug-likeness (QED) is 0.649. The molecule has 0 atom stereocenters. The number of nitrogens with zero attached hydrogens (tertiary/aromatic N) is 1. The van der Waals surface area contributed by atoms with Crippen LogP contribution in [-0.4, -0.2) is 36.6 Å². The minimum atomic E-state index is -1.24. The lowest BCUT2D eigenvalue weighted by Crippen LogP contribution is -2.47. The van der Waals surface area contributed by atoms with Crippen LogP contribution in [0.2, 0.25) is 0 Å². The van der Waals surface area contributed by atoms with Crippen LogP contribution in [0.1, 0.15) is 38.1 Å². The number of anilines is 1. The van der Waals surface area contributed by atoms with Crippen molar-refractivity contribution in [1.82, 2.24) is 0 Å². The maximum atomic E-state index is 10.2. The third-order valence-corrected chi connectivity index (χ3v) is 3.86. The maximum Gasteiger partial charge on any atom is 0.0757 e. The fourth-order valence-corrected chi connectivity index (χ4v) is 2.02. The molecule has 0 aromatic heterocycles. The number of nitrogen functional groups attached to an aromatic ring is 1. The summed E-state index contributed by atoms with van der Waals surface area (Å²) < 4.78 is 1.28. The van der Waals surface area contributed by atoms with Crippen LogP contribution in [0, 0.1) is 0 Å².